The predicted molar refractivity (Wildman–Crippen MR) is 130 cm³/mol. The minimum Gasteiger partial charge on any atom is -0.654 e. The van der Waals surface area contributed by atoms with Crippen molar-refractivity contribution in [2.45, 2.75) is 92.7 Å². The van der Waals surface area contributed by atoms with Gasteiger partial charge in [0.15, 0.2) is 5.71 Å². The van der Waals surface area contributed by atoms with E-state index in [0.29, 0.717) is 0 Å². The molecule has 0 atom stereocenters. The van der Waals surface area contributed by atoms with Gasteiger partial charge >= 0.3 is 0 Å². The second-order valence-electron chi connectivity index (χ2n) is 12.5. The zero-order valence-electron chi connectivity index (χ0n) is 20.8. The highest BCUT2D eigenvalue weighted by molar-refractivity contribution is 6.36. The Balaban J connectivity index is 1.97. The van der Waals surface area contributed by atoms with Crippen LogP contribution in [0.25, 0.3) is 10.9 Å². The van der Waals surface area contributed by atoms with Gasteiger partial charge in [0, 0.05) is 16.9 Å². The first kappa shape index (κ1) is 21.3. The van der Waals surface area contributed by atoms with Crippen LogP contribution >= 0.6 is 0 Å². The molecule has 3 aliphatic rings. The van der Waals surface area contributed by atoms with E-state index in [9.17, 15) is 0 Å². The molecule has 1 fully saturated rings. The van der Waals surface area contributed by atoms with Crippen molar-refractivity contribution in [3.05, 3.63) is 64.0 Å². The molecule has 2 heteroatoms. The zero-order valence-corrected chi connectivity index (χ0v) is 20.8. The summed E-state index contributed by atoms with van der Waals surface area (Å²) in [5, 5.41) is 5.30. The Kier molecular flexibility index (Phi) is 4.14. The van der Waals surface area contributed by atoms with E-state index < -0.39 is 0 Å². The summed E-state index contributed by atoms with van der Waals surface area (Å²) in [7, 11) is 0. The number of aliphatic imine (C=N–C) groups is 1. The summed E-state index contributed by atoms with van der Waals surface area (Å²) in [6, 6.07) is 9.10. The summed E-state index contributed by atoms with van der Waals surface area (Å²) in [6.45, 7) is 25.2. The van der Waals surface area contributed by atoms with Gasteiger partial charge in [0.2, 0.25) is 0 Å². The van der Waals surface area contributed by atoms with Crippen LogP contribution in [-0.4, -0.2) is 16.8 Å². The fourth-order valence-electron chi connectivity index (χ4n) is 4.76. The van der Waals surface area contributed by atoms with Crippen LogP contribution in [0.3, 0.4) is 0 Å². The number of nitrogens with zero attached hydrogens (tertiary/aromatic N) is 2. The van der Waals surface area contributed by atoms with E-state index in [-0.39, 0.29) is 27.3 Å². The Labute approximate surface area is 184 Å². The highest BCUT2D eigenvalue weighted by Crippen LogP contribution is 2.64. The molecule has 2 nitrogen and oxygen atoms in total. The lowest BCUT2D eigenvalue weighted by Crippen LogP contribution is -2.38. The molecule has 160 valence electrons. The smallest absolute Gasteiger partial charge is 0.179 e. The molecule has 0 bridgehead atoms. The monoisotopic (exact) mass is 402 g/mol. The van der Waals surface area contributed by atoms with Gasteiger partial charge in [0.1, 0.15) is 0 Å². The van der Waals surface area contributed by atoms with Crippen LogP contribution in [-0.2, 0) is 5.41 Å². The normalized spacial score (nSPS) is 25.4. The molecule has 30 heavy (non-hydrogen) atoms. The first-order chi connectivity index (χ1) is 13.5. The lowest BCUT2D eigenvalue weighted by atomic mass is 9.63. The third-order valence-corrected chi connectivity index (χ3v) is 8.50. The van der Waals surface area contributed by atoms with Crippen molar-refractivity contribution in [1.29, 1.82) is 0 Å². The van der Waals surface area contributed by atoms with Crippen LogP contribution in [0.1, 0.15) is 87.3 Å². The number of benzene rings is 1. The molecule has 0 saturated carbocycles. The molecular weight excluding hydrogens is 364 g/mol. The van der Waals surface area contributed by atoms with E-state index in [1.807, 2.05) is 0 Å². The van der Waals surface area contributed by atoms with Crippen LogP contribution in [0.2, 0.25) is 0 Å². The van der Waals surface area contributed by atoms with E-state index in [2.05, 4.69) is 107 Å². The van der Waals surface area contributed by atoms with Gasteiger partial charge in [-0.1, -0.05) is 52.3 Å². The molecule has 1 aromatic carbocycles. The molecule has 2 heterocycles. The van der Waals surface area contributed by atoms with E-state index in [0.717, 1.165) is 11.4 Å². The number of hydrogen-bond donors (Lipinski definition) is 0. The number of allylic oxidation sites excluding steroid dienone is 2. The molecular formula is C28H38N2. The SMILES string of the molecule is CC(C)(C)c1ccc(C2=C3[N-]C(C)(C)C(C)(C)[C+]3C=C3C2=NC(C)(C)C3(C)C)cc1. The summed E-state index contributed by atoms with van der Waals surface area (Å²) in [5.74, 6) is 1.36. The van der Waals surface area contributed by atoms with Crippen LogP contribution in [0.5, 0.6) is 0 Å². The van der Waals surface area contributed by atoms with Crippen LogP contribution in [0.4, 0.5) is 0 Å². The minimum atomic E-state index is -0.149. The summed E-state index contributed by atoms with van der Waals surface area (Å²) in [5.41, 5.74) is 7.24. The highest BCUT2D eigenvalue weighted by Gasteiger charge is 2.58. The second-order valence-corrected chi connectivity index (χ2v) is 12.5. The standard InChI is InChI=1S/C28H38N2/c1-24(2,3)18-14-12-17(13-15-18)21-22-19(25(4,5)27(8,9)29-22)16-20-23(21)30-28(10,11)26(20,6)7/h12-16H,1-11H3. The van der Waals surface area contributed by atoms with Gasteiger partial charge in [-0.3, -0.25) is 4.99 Å². The lowest BCUT2D eigenvalue weighted by molar-refractivity contribution is 0.278. The Morgan fingerprint density at radius 1 is 0.867 bits per heavy atom. The average molecular weight is 403 g/mol. The number of hydrogen-bond acceptors (Lipinski definition) is 1. The lowest BCUT2D eigenvalue weighted by Gasteiger charge is -2.42. The Morgan fingerprint density at radius 2 is 1.43 bits per heavy atom. The van der Waals surface area contributed by atoms with E-state index >= 15 is 0 Å². The molecule has 1 aromatic rings. The summed E-state index contributed by atoms with van der Waals surface area (Å²) >= 11 is 0. The highest BCUT2D eigenvalue weighted by atomic mass is 15.1. The Hall–Kier alpha value is -1.96. The Morgan fingerprint density at radius 3 is 1.97 bits per heavy atom. The quantitative estimate of drug-likeness (QED) is 0.431. The molecule has 0 N–H and O–H groups in total. The van der Waals surface area contributed by atoms with E-state index in [1.54, 1.807) is 0 Å². The third-order valence-electron chi connectivity index (χ3n) is 8.50. The van der Waals surface area contributed by atoms with Crippen molar-refractivity contribution < 1.29 is 0 Å². The van der Waals surface area contributed by atoms with Crippen molar-refractivity contribution >= 4 is 11.3 Å². The number of fused-ring (bicyclic) bond motifs is 2. The van der Waals surface area contributed by atoms with Gasteiger partial charge < -0.3 is 5.32 Å². The van der Waals surface area contributed by atoms with Crippen molar-refractivity contribution in [2.75, 3.05) is 0 Å². The van der Waals surface area contributed by atoms with Crippen molar-refractivity contribution in [1.82, 2.24) is 0 Å². The predicted octanol–water partition coefficient (Wildman–Crippen LogP) is 7.66. The summed E-state index contributed by atoms with van der Waals surface area (Å²) < 4.78 is 0. The largest absolute Gasteiger partial charge is 0.654 e. The molecule has 0 spiro atoms. The van der Waals surface area contributed by atoms with Crippen molar-refractivity contribution in [2.24, 2.45) is 15.8 Å². The second kappa shape index (κ2) is 5.84. The van der Waals surface area contributed by atoms with Crippen molar-refractivity contribution in [3.63, 3.8) is 0 Å². The van der Waals surface area contributed by atoms with E-state index in [4.69, 9.17) is 10.3 Å². The molecule has 2 aliphatic heterocycles. The average Bonchev–Trinajstić information content (AvgIpc) is 2.88. The van der Waals surface area contributed by atoms with Crippen LogP contribution < -0.4 is 0 Å². The Bertz CT molecular complexity index is 986. The van der Waals surface area contributed by atoms with Gasteiger partial charge in [-0.15, -0.1) is 0 Å². The topological polar surface area (TPSA) is 26.5 Å². The van der Waals surface area contributed by atoms with Gasteiger partial charge in [-0.2, -0.15) is 0 Å². The van der Waals surface area contributed by atoms with Gasteiger partial charge in [-0.25, -0.2) is 0 Å². The van der Waals surface area contributed by atoms with Gasteiger partial charge in [-0.05, 0) is 70.4 Å². The van der Waals surface area contributed by atoms with Crippen molar-refractivity contribution in [3.8, 4) is 0 Å². The molecule has 0 radical (unpaired) electrons. The number of rotatable bonds is 1. The van der Waals surface area contributed by atoms with Gasteiger partial charge in [0.25, 0.3) is 0 Å². The molecule has 0 amide bonds. The minimum absolute atomic E-state index is 0.0275. The first-order valence-electron chi connectivity index (χ1n) is 11.3. The maximum absolute atomic E-state index is 5.30. The molecule has 1 aliphatic carbocycles. The molecule has 4 rings (SSSR count). The molecule has 0 aromatic heterocycles. The summed E-state index contributed by atoms with van der Waals surface area (Å²) in [6.07, 6.45) is 2.42. The molecule has 0 unspecified atom stereocenters. The third kappa shape index (κ3) is 2.68. The maximum Gasteiger partial charge on any atom is 0.179 e. The fourth-order valence-corrected chi connectivity index (χ4v) is 4.76. The first-order valence-corrected chi connectivity index (χ1v) is 11.3. The summed E-state index contributed by atoms with van der Waals surface area (Å²) in [4.78, 5) is 5.30. The molecule has 1 saturated heterocycles. The maximum atomic E-state index is 5.30. The fraction of sp³-hybridized carbons (Fsp3) is 0.571. The van der Waals surface area contributed by atoms with Crippen LogP contribution in [0, 0.1) is 16.7 Å². The van der Waals surface area contributed by atoms with Crippen LogP contribution in [0.15, 0.2) is 46.6 Å². The van der Waals surface area contributed by atoms with E-state index in [1.165, 1.54) is 28.2 Å². The zero-order chi connectivity index (χ0) is 22.5. The van der Waals surface area contributed by atoms with Gasteiger partial charge in [0.05, 0.1) is 28.2 Å².